The molecule has 3 rings (SSSR count). The van der Waals surface area contributed by atoms with E-state index in [1.54, 1.807) is 17.0 Å². The predicted molar refractivity (Wildman–Crippen MR) is 87.6 cm³/mol. The zero-order chi connectivity index (χ0) is 16.2. The molecule has 0 radical (unpaired) electrons. The highest BCUT2D eigenvalue weighted by Gasteiger charge is 2.23. The number of amides is 2. The largest absolute Gasteiger partial charge is 0.459 e. The van der Waals surface area contributed by atoms with Gasteiger partial charge in [0.1, 0.15) is 0 Å². The summed E-state index contributed by atoms with van der Waals surface area (Å²) in [5.74, 6) is 0.247. The molecule has 6 nitrogen and oxygen atoms in total. The fraction of sp³-hybridized carbons (Fsp3) is 0.294. The van der Waals surface area contributed by atoms with Crippen molar-refractivity contribution in [1.82, 2.24) is 4.90 Å². The van der Waals surface area contributed by atoms with Gasteiger partial charge in [-0.2, -0.15) is 0 Å². The Bertz CT molecular complexity index is 672. The predicted octanol–water partition coefficient (Wildman–Crippen LogP) is 2.20. The monoisotopic (exact) mass is 313 g/mol. The summed E-state index contributed by atoms with van der Waals surface area (Å²) in [5.41, 5.74) is 1.87. The standard InChI is InChI=1S/C17H19N3O3/c1-13(21)18-14-4-6-15(7-5-14)19-8-10-20(11-9-19)17(22)16-3-2-12-23-16/h2-7,12H,8-11H2,1H3,(H,18,21). The van der Waals surface area contributed by atoms with Crippen LogP contribution in [0.4, 0.5) is 11.4 Å². The van der Waals surface area contributed by atoms with E-state index in [1.807, 2.05) is 24.3 Å². The van der Waals surface area contributed by atoms with Crippen LogP contribution in [-0.2, 0) is 4.79 Å². The minimum absolute atomic E-state index is 0.0596. The number of carbonyl (C=O) groups is 2. The van der Waals surface area contributed by atoms with Gasteiger partial charge in [-0.1, -0.05) is 0 Å². The van der Waals surface area contributed by atoms with Gasteiger partial charge in [-0.05, 0) is 36.4 Å². The minimum atomic E-state index is -0.0807. The van der Waals surface area contributed by atoms with Gasteiger partial charge >= 0.3 is 0 Å². The third-order valence-corrected chi connectivity index (χ3v) is 3.85. The molecule has 0 aliphatic carbocycles. The second-order valence-corrected chi connectivity index (χ2v) is 5.48. The molecule has 0 bridgehead atoms. The fourth-order valence-corrected chi connectivity index (χ4v) is 2.68. The summed E-state index contributed by atoms with van der Waals surface area (Å²) in [4.78, 5) is 27.3. The fourth-order valence-electron chi connectivity index (χ4n) is 2.68. The third kappa shape index (κ3) is 3.53. The highest BCUT2D eigenvalue weighted by molar-refractivity contribution is 5.91. The van der Waals surface area contributed by atoms with Gasteiger partial charge in [-0.3, -0.25) is 9.59 Å². The van der Waals surface area contributed by atoms with Crippen molar-refractivity contribution in [3.05, 3.63) is 48.4 Å². The quantitative estimate of drug-likeness (QED) is 0.943. The number of nitrogens with one attached hydrogen (secondary N) is 1. The third-order valence-electron chi connectivity index (χ3n) is 3.85. The van der Waals surface area contributed by atoms with Crippen molar-refractivity contribution in [1.29, 1.82) is 0 Å². The zero-order valence-corrected chi connectivity index (χ0v) is 13.0. The smallest absolute Gasteiger partial charge is 0.289 e. The number of piperazine rings is 1. The van der Waals surface area contributed by atoms with Crippen LogP contribution >= 0.6 is 0 Å². The zero-order valence-electron chi connectivity index (χ0n) is 13.0. The van der Waals surface area contributed by atoms with Crippen molar-refractivity contribution in [2.45, 2.75) is 6.92 Å². The van der Waals surface area contributed by atoms with Gasteiger partial charge in [0.15, 0.2) is 5.76 Å². The topological polar surface area (TPSA) is 65.8 Å². The molecule has 6 heteroatoms. The number of benzene rings is 1. The maximum atomic E-state index is 12.2. The van der Waals surface area contributed by atoms with E-state index < -0.39 is 0 Å². The molecule has 1 aromatic carbocycles. The second kappa shape index (κ2) is 6.56. The summed E-state index contributed by atoms with van der Waals surface area (Å²) in [7, 11) is 0. The average Bonchev–Trinajstić information content (AvgIpc) is 3.09. The maximum absolute atomic E-state index is 12.2. The lowest BCUT2D eigenvalue weighted by molar-refractivity contribution is -0.114. The molecule has 1 aliphatic rings. The number of carbonyl (C=O) groups excluding carboxylic acids is 2. The molecule has 1 saturated heterocycles. The first kappa shape index (κ1) is 15.1. The molecule has 1 aromatic heterocycles. The van der Waals surface area contributed by atoms with Crippen LogP contribution in [0.25, 0.3) is 0 Å². The van der Waals surface area contributed by atoms with Crippen LogP contribution in [0, 0.1) is 0 Å². The summed E-state index contributed by atoms with van der Waals surface area (Å²) >= 11 is 0. The van der Waals surface area contributed by atoms with E-state index in [0.717, 1.165) is 24.5 Å². The lowest BCUT2D eigenvalue weighted by Crippen LogP contribution is -2.48. The lowest BCUT2D eigenvalue weighted by atomic mass is 10.2. The molecule has 23 heavy (non-hydrogen) atoms. The normalized spacial score (nSPS) is 14.7. The summed E-state index contributed by atoms with van der Waals surface area (Å²) in [6, 6.07) is 11.1. The van der Waals surface area contributed by atoms with Crippen molar-refractivity contribution in [3.8, 4) is 0 Å². The number of furan rings is 1. The van der Waals surface area contributed by atoms with Gasteiger partial charge in [0.05, 0.1) is 6.26 Å². The van der Waals surface area contributed by atoms with E-state index in [9.17, 15) is 9.59 Å². The van der Waals surface area contributed by atoms with Crippen LogP contribution in [-0.4, -0.2) is 42.9 Å². The number of hydrogen-bond acceptors (Lipinski definition) is 4. The van der Waals surface area contributed by atoms with Crippen molar-refractivity contribution in [2.75, 3.05) is 36.4 Å². The Morgan fingerprint density at radius 1 is 1.04 bits per heavy atom. The SMILES string of the molecule is CC(=O)Nc1ccc(N2CCN(C(=O)c3ccco3)CC2)cc1. The summed E-state index contributed by atoms with van der Waals surface area (Å²) in [6.45, 7) is 4.35. The Balaban J connectivity index is 1.58. The molecule has 0 saturated carbocycles. The van der Waals surface area contributed by atoms with Crippen LogP contribution in [0.5, 0.6) is 0 Å². The van der Waals surface area contributed by atoms with E-state index in [2.05, 4.69) is 10.2 Å². The number of rotatable bonds is 3. The van der Waals surface area contributed by atoms with E-state index in [1.165, 1.54) is 13.2 Å². The number of hydrogen-bond donors (Lipinski definition) is 1. The number of nitrogens with zero attached hydrogens (tertiary/aromatic N) is 2. The molecule has 0 atom stereocenters. The lowest BCUT2D eigenvalue weighted by Gasteiger charge is -2.35. The van der Waals surface area contributed by atoms with Crippen molar-refractivity contribution >= 4 is 23.2 Å². The molecule has 1 aliphatic heterocycles. The van der Waals surface area contributed by atoms with Crippen LogP contribution < -0.4 is 10.2 Å². The Morgan fingerprint density at radius 3 is 2.30 bits per heavy atom. The average molecular weight is 313 g/mol. The Labute approximate surface area is 134 Å². The van der Waals surface area contributed by atoms with Crippen molar-refractivity contribution in [2.24, 2.45) is 0 Å². The summed E-state index contributed by atoms with van der Waals surface area (Å²) < 4.78 is 5.17. The van der Waals surface area contributed by atoms with Gasteiger partial charge < -0.3 is 19.5 Å². The highest BCUT2D eigenvalue weighted by atomic mass is 16.3. The van der Waals surface area contributed by atoms with E-state index >= 15 is 0 Å². The second-order valence-electron chi connectivity index (χ2n) is 5.48. The molecule has 0 unspecified atom stereocenters. The molecule has 2 amide bonds. The van der Waals surface area contributed by atoms with Crippen LogP contribution in [0.3, 0.4) is 0 Å². The van der Waals surface area contributed by atoms with Crippen molar-refractivity contribution < 1.29 is 14.0 Å². The van der Waals surface area contributed by atoms with Crippen LogP contribution in [0.15, 0.2) is 47.1 Å². The summed E-state index contributed by atoms with van der Waals surface area (Å²) in [6.07, 6.45) is 1.51. The molecule has 2 heterocycles. The van der Waals surface area contributed by atoms with Gasteiger partial charge in [0, 0.05) is 44.5 Å². The Kier molecular flexibility index (Phi) is 4.32. The van der Waals surface area contributed by atoms with Gasteiger partial charge in [-0.15, -0.1) is 0 Å². The summed E-state index contributed by atoms with van der Waals surface area (Å²) in [5, 5.41) is 2.75. The minimum Gasteiger partial charge on any atom is -0.459 e. The molecular weight excluding hydrogens is 294 g/mol. The first-order valence-corrected chi connectivity index (χ1v) is 7.59. The van der Waals surface area contributed by atoms with Crippen LogP contribution in [0.1, 0.15) is 17.5 Å². The van der Waals surface area contributed by atoms with Gasteiger partial charge in [0.2, 0.25) is 5.91 Å². The maximum Gasteiger partial charge on any atom is 0.289 e. The molecular formula is C17H19N3O3. The first-order chi connectivity index (χ1) is 11.1. The Hall–Kier alpha value is -2.76. The number of anilines is 2. The molecule has 120 valence electrons. The van der Waals surface area contributed by atoms with E-state index in [-0.39, 0.29) is 11.8 Å². The molecule has 1 N–H and O–H groups in total. The Morgan fingerprint density at radius 2 is 1.74 bits per heavy atom. The van der Waals surface area contributed by atoms with Crippen molar-refractivity contribution in [3.63, 3.8) is 0 Å². The van der Waals surface area contributed by atoms with E-state index in [0.29, 0.717) is 18.8 Å². The van der Waals surface area contributed by atoms with Gasteiger partial charge in [-0.25, -0.2) is 0 Å². The van der Waals surface area contributed by atoms with E-state index in [4.69, 9.17) is 4.42 Å². The first-order valence-electron chi connectivity index (χ1n) is 7.59. The molecule has 2 aromatic rings. The van der Waals surface area contributed by atoms with Gasteiger partial charge in [0.25, 0.3) is 5.91 Å². The van der Waals surface area contributed by atoms with Crippen LogP contribution in [0.2, 0.25) is 0 Å². The molecule has 0 spiro atoms. The highest BCUT2D eigenvalue weighted by Crippen LogP contribution is 2.20. The molecule has 1 fully saturated rings.